The first-order chi connectivity index (χ1) is 14.1. The Balaban J connectivity index is 1.58. The Kier molecular flexibility index (Phi) is 5.46. The van der Waals surface area contributed by atoms with Gasteiger partial charge >= 0.3 is 0 Å². The molecule has 9 heteroatoms. The van der Waals surface area contributed by atoms with E-state index in [4.69, 9.17) is 11.6 Å². The number of likely N-dealkylation sites (N-methyl/N-ethyl adjacent to an activating group) is 1. The lowest BCUT2D eigenvalue weighted by molar-refractivity contribution is -0.132. The van der Waals surface area contributed by atoms with Crippen molar-refractivity contribution in [1.29, 1.82) is 0 Å². The lowest BCUT2D eigenvalue weighted by Crippen LogP contribution is -2.36. The van der Waals surface area contributed by atoms with E-state index >= 15 is 0 Å². The summed E-state index contributed by atoms with van der Waals surface area (Å²) < 4.78 is 3.62. The van der Waals surface area contributed by atoms with Gasteiger partial charge in [-0.05, 0) is 31.2 Å². The van der Waals surface area contributed by atoms with E-state index in [1.54, 1.807) is 9.58 Å². The van der Waals surface area contributed by atoms with E-state index in [9.17, 15) is 9.59 Å². The average Bonchev–Trinajstić information content (AvgIpc) is 3.35. The number of carbonyl (C=O) groups excluding carboxylic acids is 1. The fourth-order valence-electron chi connectivity index (χ4n) is 3.07. The Morgan fingerprint density at radius 1 is 1.21 bits per heavy atom. The highest BCUT2D eigenvalue weighted by molar-refractivity contribution is 7.16. The molecular formula is C20H18ClN5O2S. The van der Waals surface area contributed by atoms with Crippen LogP contribution in [0.15, 0.2) is 59.8 Å². The van der Waals surface area contributed by atoms with Crippen LogP contribution in [0.4, 0.5) is 0 Å². The number of para-hydroxylation sites is 1. The summed E-state index contributed by atoms with van der Waals surface area (Å²) in [6, 6.07) is 13.2. The van der Waals surface area contributed by atoms with Crippen molar-refractivity contribution in [2.24, 2.45) is 0 Å². The van der Waals surface area contributed by atoms with Gasteiger partial charge in [0.05, 0.1) is 22.8 Å². The molecule has 0 bridgehead atoms. The lowest BCUT2D eigenvalue weighted by atomic mass is 10.3. The molecule has 0 aliphatic rings. The van der Waals surface area contributed by atoms with Gasteiger partial charge in [0.15, 0.2) is 5.65 Å². The average molecular weight is 428 g/mol. The highest BCUT2D eigenvalue weighted by atomic mass is 35.5. The van der Waals surface area contributed by atoms with Crippen molar-refractivity contribution >= 4 is 39.9 Å². The zero-order valence-electron chi connectivity index (χ0n) is 15.7. The van der Waals surface area contributed by atoms with Gasteiger partial charge in [-0.1, -0.05) is 29.8 Å². The molecule has 0 N–H and O–H groups in total. The van der Waals surface area contributed by atoms with Crippen molar-refractivity contribution in [3.05, 3.63) is 74.6 Å². The quantitative estimate of drug-likeness (QED) is 0.473. The van der Waals surface area contributed by atoms with E-state index in [0.29, 0.717) is 28.5 Å². The van der Waals surface area contributed by atoms with E-state index in [-0.39, 0.29) is 18.0 Å². The van der Waals surface area contributed by atoms with Crippen LogP contribution in [0.3, 0.4) is 0 Å². The molecule has 3 heterocycles. The molecule has 0 saturated carbocycles. The number of amides is 1. The minimum Gasteiger partial charge on any atom is -0.336 e. The fraction of sp³-hybridized carbons (Fsp3) is 0.200. The first-order valence-electron chi connectivity index (χ1n) is 9.07. The van der Waals surface area contributed by atoms with Crippen LogP contribution in [-0.2, 0) is 17.9 Å². The monoisotopic (exact) mass is 427 g/mol. The number of benzene rings is 1. The van der Waals surface area contributed by atoms with E-state index in [2.05, 4.69) is 10.1 Å². The second-order valence-corrected chi connectivity index (χ2v) is 8.22. The summed E-state index contributed by atoms with van der Waals surface area (Å²) in [4.78, 5) is 32.7. The topological polar surface area (TPSA) is 73.0 Å². The smallest absolute Gasteiger partial charge is 0.264 e. The zero-order valence-corrected chi connectivity index (χ0v) is 17.2. The number of hydrogen-bond acceptors (Lipinski definition) is 5. The molecule has 3 aromatic heterocycles. The van der Waals surface area contributed by atoms with Crippen LogP contribution in [0.25, 0.3) is 16.7 Å². The van der Waals surface area contributed by atoms with Gasteiger partial charge < -0.3 is 4.90 Å². The number of nitrogens with zero attached hydrogens (tertiary/aromatic N) is 5. The molecule has 1 aromatic carbocycles. The first-order valence-corrected chi connectivity index (χ1v) is 10.3. The number of aromatic nitrogens is 4. The third-order valence-corrected chi connectivity index (χ3v) is 5.79. The van der Waals surface area contributed by atoms with Gasteiger partial charge in [0.1, 0.15) is 18.3 Å². The maximum atomic E-state index is 12.9. The van der Waals surface area contributed by atoms with Crippen molar-refractivity contribution in [3.8, 4) is 5.69 Å². The molecule has 0 saturated heterocycles. The molecule has 0 unspecified atom stereocenters. The predicted molar refractivity (Wildman–Crippen MR) is 114 cm³/mol. The number of thiophene rings is 1. The maximum absolute atomic E-state index is 12.9. The summed E-state index contributed by atoms with van der Waals surface area (Å²) in [5.74, 6) is -0.157. The van der Waals surface area contributed by atoms with E-state index < -0.39 is 0 Å². The molecule has 0 atom stereocenters. The van der Waals surface area contributed by atoms with E-state index in [1.807, 2.05) is 49.4 Å². The third kappa shape index (κ3) is 3.94. The lowest BCUT2D eigenvalue weighted by Gasteiger charge is -2.20. The number of halogens is 1. The summed E-state index contributed by atoms with van der Waals surface area (Å²) in [5, 5.41) is 4.66. The Morgan fingerprint density at radius 2 is 2.00 bits per heavy atom. The highest BCUT2D eigenvalue weighted by Gasteiger charge is 2.17. The molecule has 0 spiro atoms. The number of hydrogen-bond donors (Lipinski definition) is 0. The van der Waals surface area contributed by atoms with Crippen molar-refractivity contribution in [3.63, 3.8) is 0 Å². The number of fused-ring (bicyclic) bond motifs is 1. The maximum Gasteiger partial charge on any atom is 0.264 e. The van der Waals surface area contributed by atoms with Crippen molar-refractivity contribution in [2.75, 3.05) is 6.54 Å². The summed E-state index contributed by atoms with van der Waals surface area (Å²) in [7, 11) is 0. The SMILES string of the molecule is CCN(Cc1ccc(Cl)s1)C(=O)Cn1cnc2c(cnn2-c2ccccc2)c1=O. The molecule has 0 fully saturated rings. The molecule has 29 heavy (non-hydrogen) atoms. The van der Waals surface area contributed by atoms with Gasteiger partial charge in [-0.25, -0.2) is 9.67 Å². The second-order valence-electron chi connectivity index (χ2n) is 6.42. The summed E-state index contributed by atoms with van der Waals surface area (Å²) in [6.45, 7) is 2.82. The van der Waals surface area contributed by atoms with Crippen LogP contribution < -0.4 is 5.56 Å². The Morgan fingerprint density at radius 3 is 2.69 bits per heavy atom. The van der Waals surface area contributed by atoms with Crippen LogP contribution >= 0.6 is 22.9 Å². The first kappa shape index (κ1) is 19.4. The molecule has 0 aliphatic carbocycles. The fourth-order valence-corrected chi connectivity index (χ4v) is 4.17. The predicted octanol–water partition coefficient (Wildman–Crippen LogP) is 3.35. The van der Waals surface area contributed by atoms with Gasteiger partial charge in [-0.2, -0.15) is 5.10 Å². The summed E-state index contributed by atoms with van der Waals surface area (Å²) in [6.07, 6.45) is 2.89. The van der Waals surface area contributed by atoms with Gasteiger partial charge in [0, 0.05) is 11.4 Å². The van der Waals surface area contributed by atoms with Crippen LogP contribution in [0, 0.1) is 0 Å². The molecule has 0 aliphatic heterocycles. The minimum absolute atomic E-state index is 0.0781. The Hall–Kier alpha value is -2.97. The summed E-state index contributed by atoms with van der Waals surface area (Å²) in [5.41, 5.74) is 0.987. The van der Waals surface area contributed by atoms with E-state index in [0.717, 1.165) is 10.6 Å². The Labute approximate surface area is 175 Å². The molecule has 1 amide bonds. The van der Waals surface area contributed by atoms with Crippen LogP contribution in [0.2, 0.25) is 4.34 Å². The normalized spacial score (nSPS) is 11.1. The third-order valence-electron chi connectivity index (χ3n) is 4.57. The minimum atomic E-state index is -0.291. The van der Waals surface area contributed by atoms with Crippen molar-refractivity contribution in [1.82, 2.24) is 24.2 Å². The zero-order chi connectivity index (χ0) is 20.4. The largest absolute Gasteiger partial charge is 0.336 e. The molecule has 0 radical (unpaired) electrons. The van der Waals surface area contributed by atoms with E-state index in [1.165, 1.54) is 28.4 Å². The van der Waals surface area contributed by atoms with Crippen LogP contribution in [0.5, 0.6) is 0 Å². The van der Waals surface area contributed by atoms with Gasteiger partial charge in [0.2, 0.25) is 5.91 Å². The van der Waals surface area contributed by atoms with Crippen molar-refractivity contribution in [2.45, 2.75) is 20.0 Å². The van der Waals surface area contributed by atoms with Crippen LogP contribution in [-0.4, -0.2) is 36.7 Å². The van der Waals surface area contributed by atoms with Gasteiger partial charge in [0.25, 0.3) is 5.56 Å². The van der Waals surface area contributed by atoms with Gasteiger partial charge in [-0.3, -0.25) is 14.2 Å². The number of rotatable bonds is 6. The molecular weight excluding hydrogens is 410 g/mol. The number of carbonyl (C=O) groups is 1. The standard InChI is InChI=1S/C20H18ClN5O2S/c1-2-24(11-15-8-9-17(21)29-15)18(27)12-25-13-22-19-16(20(25)28)10-23-26(19)14-6-4-3-5-7-14/h3-10,13H,2,11-12H2,1H3. The Bertz CT molecular complexity index is 1210. The van der Waals surface area contributed by atoms with Gasteiger partial charge in [-0.15, -0.1) is 11.3 Å². The van der Waals surface area contributed by atoms with Crippen molar-refractivity contribution < 1.29 is 4.79 Å². The van der Waals surface area contributed by atoms with Crippen LogP contribution in [0.1, 0.15) is 11.8 Å². The summed E-state index contributed by atoms with van der Waals surface area (Å²) >= 11 is 7.41. The molecule has 148 valence electrons. The highest BCUT2D eigenvalue weighted by Crippen LogP contribution is 2.22. The molecule has 4 rings (SSSR count). The molecule has 7 nitrogen and oxygen atoms in total. The molecule has 4 aromatic rings. The second kappa shape index (κ2) is 8.18.